The Balaban J connectivity index is 1.92. The Morgan fingerprint density at radius 3 is 2.04 bits per heavy atom. The molecular formula is C15H25N3O6. The Kier molecular flexibility index (Phi) is 6.52. The van der Waals surface area contributed by atoms with Crippen molar-refractivity contribution < 1.29 is 28.6 Å². The summed E-state index contributed by atoms with van der Waals surface area (Å²) in [5.41, 5.74) is 0. The van der Waals surface area contributed by atoms with E-state index in [9.17, 15) is 14.4 Å². The van der Waals surface area contributed by atoms with E-state index in [4.69, 9.17) is 14.2 Å². The zero-order valence-electron chi connectivity index (χ0n) is 14.3. The van der Waals surface area contributed by atoms with Crippen molar-refractivity contribution in [1.29, 1.82) is 0 Å². The van der Waals surface area contributed by atoms with Gasteiger partial charge in [-0.05, 0) is 12.8 Å². The first kappa shape index (κ1) is 18.6. The summed E-state index contributed by atoms with van der Waals surface area (Å²) < 4.78 is 15.2. The fourth-order valence-electron chi connectivity index (χ4n) is 2.73. The number of piperazine rings is 1. The second-order valence-corrected chi connectivity index (χ2v) is 5.88. The number of amides is 2. The zero-order valence-corrected chi connectivity index (χ0v) is 14.3. The van der Waals surface area contributed by atoms with Crippen LogP contribution in [-0.4, -0.2) is 93.5 Å². The molecule has 1 aliphatic heterocycles. The van der Waals surface area contributed by atoms with Crippen molar-refractivity contribution in [2.75, 3.05) is 47.5 Å². The Bertz CT molecular complexity index is 470. The maximum atomic E-state index is 12.1. The molecule has 1 saturated heterocycles. The van der Waals surface area contributed by atoms with Crippen molar-refractivity contribution in [3.8, 4) is 0 Å². The maximum Gasteiger partial charge on any atom is 0.328 e. The fourth-order valence-corrected chi connectivity index (χ4v) is 2.73. The number of esters is 1. The molecule has 2 amide bonds. The van der Waals surface area contributed by atoms with Gasteiger partial charge in [0, 0.05) is 46.4 Å². The highest BCUT2D eigenvalue weighted by Crippen LogP contribution is 2.19. The van der Waals surface area contributed by atoms with Gasteiger partial charge in [-0.1, -0.05) is 0 Å². The van der Waals surface area contributed by atoms with Crippen molar-refractivity contribution in [2.45, 2.75) is 31.2 Å². The molecule has 0 aromatic rings. The molecule has 0 radical (unpaired) electrons. The van der Waals surface area contributed by atoms with E-state index in [1.807, 2.05) is 4.90 Å². The van der Waals surface area contributed by atoms with Gasteiger partial charge in [0.05, 0.1) is 7.11 Å². The molecule has 9 nitrogen and oxygen atoms in total. The molecule has 0 aromatic heterocycles. The highest BCUT2D eigenvalue weighted by atomic mass is 16.7. The Morgan fingerprint density at radius 1 is 1.00 bits per heavy atom. The Hall–Kier alpha value is -1.71. The Morgan fingerprint density at radius 2 is 1.58 bits per heavy atom. The lowest BCUT2D eigenvalue weighted by molar-refractivity contribution is -0.181. The van der Waals surface area contributed by atoms with Crippen molar-refractivity contribution in [3.05, 3.63) is 0 Å². The minimum atomic E-state index is -0.766. The van der Waals surface area contributed by atoms with Crippen LogP contribution in [0.4, 0.5) is 0 Å². The van der Waals surface area contributed by atoms with E-state index in [0.717, 1.165) is 12.8 Å². The third kappa shape index (κ3) is 4.43. The number of hydrogen-bond acceptors (Lipinski definition) is 7. The minimum Gasteiger partial charge on any atom is -0.468 e. The van der Waals surface area contributed by atoms with E-state index in [1.165, 1.54) is 26.2 Å². The standard InChI is InChI=1S/C15H25N3O6/c1-22-14(21)11(15(23-2)24-3)17-6-8-18(9-7-17)13(20)12(19)16-10-4-5-10/h10-11,15H,4-9H2,1-3H3,(H,16,19)/t11-/m1/s1. The van der Waals surface area contributed by atoms with Gasteiger partial charge >= 0.3 is 17.8 Å². The summed E-state index contributed by atoms with van der Waals surface area (Å²) in [5, 5.41) is 2.69. The summed E-state index contributed by atoms with van der Waals surface area (Å²) in [4.78, 5) is 39.4. The van der Waals surface area contributed by atoms with Gasteiger partial charge in [0.2, 0.25) is 0 Å². The first-order valence-electron chi connectivity index (χ1n) is 7.99. The van der Waals surface area contributed by atoms with Gasteiger partial charge in [0.25, 0.3) is 0 Å². The van der Waals surface area contributed by atoms with E-state index in [-0.39, 0.29) is 6.04 Å². The van der Waals surface area contributed by atoms with Crippen LogP contribution in [0.15, 0.2) is 0 Å². The molecule has 1 saturated carbocycles. The van der Waals surface area contributed by atoms with E-state index in [2.05, 4.69) is 5.32 Å². The second-order valence-electron chi connectivity index (χ2n) is 5.88. The average Bonchev–Trinajstić information content (AvgIpc) is 3.42. The molecule has 24 heavy (non-hydrogen) atoms. The summed E-state index contributed by atoms with van der Waals surface area (Å²) >= 11 is 0. The molecule has 1 atom stereocenters. The van der Waals surface area contributed by atoms with Crippen LogP contribution in [0.5, 0.6) is 0 Å². The average molecular weight is 343 g/mol. The SMILES string of the molecule is COC(=O)[C@H](C(OC)OC)N1CCN(C(=O)C(=O)NC2CC2)CC1. The molecule has 1 aliphatic carbocycles. The molecule has 0 bridgehead atoms. The molecule has 1 N–H and O–H groups in total. The first-order chi connectivity index (χ1) is 11.5. The predicted octanol–water partition coefficient (Wildman–Crippen LogP) is -1.43. The van der Waals surface area contributed by atoms with Crippen LogP contribution in [0.2, 0.25) is 0 Å². The topological polar surface area (TPSA) is 97.4 Å². The van der Waals surface area contributed by atoms with Crippen LogP contribution < -0.4 is 5.32 Å². The van der Waals surface area contributed by atoms with Crippen LogP contribution >= 0.6 is 0 Å². The number of nitrogens with zero attached hydrogens (tertiary/aromatic N) is 2. The lowest BCUT2D eigenvalue weighted by atomic mass is 10.2. The smallest absolute Gasteiger partial charge is 0.328 e. The van der Waals surface area contributed by atoms with Crippen molar-refractivity contribution in [3.63, 3.8) is 0 Å². The predicted molar refractivity (Wildman–Crippen MR) is 82.9 cm³/mol. The largest absolute Gasteiger partial charge is 0.468 e. The monoisotopic (exact) mass is 343 g/mol. The van der Waals surface area contributed by atoms with E-state index < -0.39 is 30.1 Å². The molecule has 0 unspecified atom stereocenters. The second kappa shape index (κ2) is 8.41. The number of carbonyl (C=O) groups excluding carboxylic acids is 3. The summed E-state index contributed by atoms with van der Waals surface area (Å²) in [5.74, 6) is -1.54. The van der Waals surface area contributed by atoms with Crippen molar-refractivity contribution in [1.82, 2.24) is 15.1 Å². The van der Waals surface area contributed by atoms with Crippen LogP contribution in [-0.2, 0) is 28.6 Å². The Labute approximate surface area is 141 Å². The van der Waals surface area contributed by atoms with E-state index in [0.29, 0.717) is 26.2 Å². The third-order valence-electron chi connectivity index (χ3n) is 4.27. The summed E-state index contributed by atoms with van der Waals surface area (Å²) in [6.45, 7) is 1.55. The van der Waals surface area contributed by atoms with Crippen molar-refractivity contribution >= 4 is 17.8 Å². The van der Waals surface area contributed by atoms with Crippen LogP contribution in [0, 0.1) is 0 Å². The molecule has 9 heteroatoms. The summed E-state index contributed by atoms with van der Waals surface area (Å²) in [6.07, 6.45) is 1.10. The summed E-state index contributed by atoms with van der Waals surface area (Å²) in [7, 11) is 4.21. The number of methoxy groups -OCH3 is 3. The summed E-state index contributed by atoms with van der Waals surface area (Å²) in [6, 6.07) is -0.571. The van der Waals surface area contributed by atoms with Crippen LogP contribution in [0.1, 0.15) is 12.8 Å². The molecule has 0 aromatic carbocycles. The molecule has 2 aliphatic rings. The quantitative estimate of drug-likeness (QED) is 0.359. The molecule has 2 rings (SSSR count). The van der Waals surface area contributed by atoms with E-state index in [1.54, 1.807) is 0 Å². The third-order valence-corrected chi connectivity index (χ3v) is 4.27. The van der Waals surface area contributed by atoms with Gasteiger partial charge in [-0.15, -0.1) is 0 Å². The van der Waals surface area contributed by atoms with Gasteiger partial charge in [0.15, 0.2) is 12.3 Å². The molecule has 2 fully saturated rings. The van der Waals surface area contributed by atoms with Crippen LogP contribution in [0.25, 0.3) is 0 Å². The van der Waals surface area contributed by atoms with Gasteiger partial charge in [-0.3, -0.25) is 19.3 Å². The van der Waals surface area contributed by atoms with Gasteiger partial charge in [-0.25, -0.2) is 0 Å². The number of nitrogens with one attached hydrogen (secondary N) is 1. The van der Waals surface area contributed by atoms with Crippen molar-refractivity contribution in [2.24, 2.45) is 0 Å². The van der Waals surface area contributed by atoms with Gasteiger partial charge in [0.1, 0.15) is 0 Å². The molecular weight excluding hydrogens is 318 g/mol. The fraction of sp³-hybridized carbons (Fsp3) is 0.800. The molecule has 136 valence electrons. The van der Waals surface area contributed by atoms with Gasteiger partial charge in [-0.2, -0.15) is 0 Å². The van der Waals surface area contributed by atoms with Crippen LogP contribution in [0.3, 0.4) is 0 Å². The molecule has 0 spiro atoms. The number of carbonyl (C=O) groups is 3. The lowest BCUT2D eigenvalue weighted by Crippen LogP contribution is -2.59. The first-order valence-corrected chi connectivity index (χ1v) is 7.99. The maximum absolute atomic E-state index is 12.1. The number of rotatable bonds is 6. The van der Waals surface area contributed by atoms with E-state index >= 15 is 0 Å². The zero-order chi connectivity index (χ0) is 17.7. The molecule has 1 heterocycles. The van der Waals surface area contributed by atoms with Gasteiger partial charge < -0.3 is 24.4 Å². The highest BCUT2D eigenvalue weighted by Gasteiger charge is 2.38. The highest BCUT2D eigenvalue weighted by molar-refractivity contribution is 6.35. The lowest BCUT2D eigenvalue weighted by Gasteiger charge is -2.39. The normalized spacial score (nSPS) is 19.9. The number of hydrogen-bond donors (Lipinski definition) is 1. The number of ether oxygens (including phenoxy) is 3. The minimum absolute atomic E-state index is 0.149.